The minimum Gasteiger partial charge on any atom is -0.394 e. The number of hydrogen-bond donors (Lipinski definition) is 3. The molecule has 0 aliphatic heterocycles. The fourth-order valence-electron chi connectivity index (χ4n) is 2.84. The van der Waals surface area contributed by atoms with Crippen LogP contribution in [0.5, 0.6) is 0 Å². The second-order valence-corrected chi connectivity index (χ2v) is 7.21. The van der Waals surface area contributed by atoms with Crippen LogP contribution in [0.2, 0.25) is 0 Å². The Bertz CT molecular complexity index is 978. The summed E-state index contributed by atoms with van der Waals surface area (Å²) in [4.78, 5) is 8.91. The van der Waals surface area contributed by atoms with Crippen molar-refractivity contribution in [3.8, 4) is 11.3 Å². The molecule has 3 aromatic rings. The van der Waals surface area contributed by atoms with E-state index in [1.807, 2.05) is 44.2 Å². The van der Waals surface area contributed by atoms with E-state index in [4.69, 9.17) is 0 Å². The lowest BCUT2D eigenvalue weighted by Crippen LogP contribution is -2.30. The van der Waals surface area contributed by atoms with Crippen LogP contribution in [0.25, 0.3) is 11.3 Å². The van der Waals surface area contributed by atoms with Crippen molar-refractivity contribution in [2.24, 2.45) is 5.92 Å². The van der Waals surface area contributed by atoms with E-state index in [2.05, 4.69) is 20.6 Å². The fraction of sp³-hybridized carbons (Fsp3) is 0.273. The van der Waals surface area contributed by atoms with Crippen LogP contribution in [0.1, 0.15) is 19.4 Å². The molecule has 0 aliphatic carbocycles. The van der Waals surface area contributed by atoms with Crippen LogP contribution in [-0.2, 0) is 6.18 Å². The minimum atomic E-state index is -4.43. The Kier molecular flexibility index (Phi) is 6.56. The number of benzene rings is 2. The average Bonchev–Trinajstić information content (AvgIpc) is 2.72. The van der Waals surface area contributed by atoms with E-state index >= 15 is 0 Å². The maximum atomic E-state index is 13.0. The van der Waals surface area contributed by atoms with Crippen molar-refractivity contribution < 1.29 is 18.3 Å². The summed E-state index contributed by atoms with van der Waals surface area (Å²) in [6.07, 6.45) is -4.43. The lowest BCUT2D eigenvalue weighted by atomic mass is 10.1. The molecule has 5 nitrogen and oxygen atoms in total. The van der Waals surface area contributed by atoms with Gasteiger partial charge in [0.2, 0.25) is 5.95 Å². The molecule has 0 fully saturated rings. The number of alkyl halides is 3. The first-order valence-electron chi connectivity index (χ1n) is 9.52. The van der Waals surface area contributed by atoms with E-state index in [1.54, 1.807) is 6.07 Å². The van der Waals surface area contributed by atoms with Gasteiger partial charge in [0.1, 0.15) is 5.82 Å². The van der Waals surface area contributed by atoms with Gasteiger partial charge in [0.25, 0.3) is 0 Å². The van der Waals surface area contributed by atoms with E-state index in [0.717, 1.165) is 17.7 Å². The lowest BCUT2D eigenvalue weighted by Gasteiger charge is -2.21. The standard InChI is InChI=1S/C22H23F3N4O/c1-14(2)19(13-30)28-21-27-18(15-7-4-3-5-8-15)12-20(29-21)26-17-10-6-9-16(11-17)22(23,24)25/h3-12,14,19,30H,13H2,1-2H3,(H2,26,27,28,29)/t19-/m1/s1. The van der Waals surface area contributed by atoms with Crippen LogP contribution in [0.3, 0.4) is 0 Å². The molecule has 8 heteroatoms. The molecule has 2 aromatic carbocycles. The maximum absolute atomic E-state index is 13.0. The molecule has 158 valence electrons. The number of aliphatic hydroxyl groups is 1. The Morgan fingerprint density at radius 3 is 2.33 bits per heavy atom. The summed E-state index contributed by atoms with van der Waals surface area (Å²) < 4.78 is 39.1. The highest BCUT2D eigenvalue weighted by Crippen LogP contribution is 2.32. The number of aliphatic hydroxyl groups excluding tert-OH is 1. The molecule has 3 rings (SSSR count). The number of rotatable bonds is 7. The smallest absolute Gasteiger partial charge is 0.394 e. The van der Waals surface area contributed by atoms with E-state index in [-0.39, 0.29) is 30.2 Å². The minimum absolute atomic E-state index is 0.104. The summed E-state index contributed by atoms with van der Waals surface area (Å²) in [7, 11) is 0. The van der Waals surface area contributed by atoms with Crippen LogP contribution >= 0.6 is 0 Å². The average molecular weight is 416 g/mol. The molecule has 1 atom stereocenters. The van der Waals surface area contributed by atoms with Crippen molar-refractivity contribution >= 4 is 17.5 Å². The quantitative estimate of drug-likeness (QED) is 0.485. The Balaban J connectivity index is 1.98. The fourth-order valence-corrected chi connectivity index (χ4v) is 2.84. The summed E-state index contributed by atoms with van der Waals surface area (Å²) in [5.74, 6) is 0.739. The third kappa shape index (κ3) is 5.48. The molecule has 0 bridgehead atoms. The summed E-state index contributed by atoms with van der Waals surface area (Å²) >= 11 is 0. The van der Waals surface area contributed by atoms with Gasteiger partial charge in [0.05, 0.1) is 23.9 Å². The molecule has 0 spiro atoms. The third-order valence-electron chi connectivity index (χ3n) is 4.57. The van der Waals surface area contributed by atoms with Crippen LogP contribution < -0.4 is 10.6 Å². The SMILES string of the molecule is CC(C)[C@@H](CO)Nc1nc(Nc2cccc(C(F)(F)F)c2)cc(-c2ccccc2)n1. The first kappa shape index (κ1) is 21.6. The first-order chi connectivity index (χ1) is 14.3. The molecular formula is C22H23F3N4O. The third-order valence-corrected chi connectivity index (χ3v) is 4.57. The van der Waals surface area contributed by atoms with Gasteiger partial charge in [0.15, 0.2) is 0 Å². The second kappa shape index (κ2) is 9.13. The van der Waals surface area contributed by atoms with E-state index in [9.17, 15) is 18.3 Å². The van der Waals surface area contributed by atoms with E-state index < -0.39 is 11.7 Å². The van der Waals surface area contributed by atoms with Gasteiger partial charge in [-0.3, -0.25) is 0 Å². The van der Waals surface area contributed by atoms with Crippen LogP contribution in [0, 0.1) is 5.92 Å². The van der Waals surface area contributed by atoms with Crippen molar-refractivity contribution in [3.05, 3.63) is 66.2 Å². The Hall–Kier alpha value is -3.13. The zero-order valence-electron chi connectivity index (χ0n) is 16.6. The van der Waals surface area contributed by atoms with E-state index in [1.165, 1.54) is 12.1 Å². The topological polar surface area (TPSA) is 70.1 Å². The van der Waals surface area contributed by atoms with Gasteiger partial charge >= 0.3 is 6.18 Å². The summed E-state index contributed by atoms with van der Waals surface area (Å²) in [5, 5.41) is 15.7. The normalized spacial score (nSPS) is 12.6. The van der Waals surface area contributed by atoms with Crippen molar-refractivity contribution in [3.63, 3.8) is 0 Å². The van der Waals surface area contributed by atoms with Gasteiger partial charge in [-0.15, -0.1) is 0 Å². The highest BCUT2D eigenvalue weighted by Gasteiger charge is 2.30. The predicted octanol–water partition coefficient (Wildman–Crippen LogP) is 5.33. The van der Waals surface area contributed by atoms with Gasteiger partial charge in [0, 0.05) is 17.3 Å². The zero-order valence-corrected chi connectivity index (χ0v) is 16.6. The molecule has 30 heavy (non-hydrogen) atoms. The zero-order chi connectivity index (χ0) is 21.7. The molecule has 0 saturated carbocycles. The van der Waals surface area contributed by atoms with Gasteiger partial charge in [-0.25, -0.2) is 4.98 Å². The molecule has 0 aliphatic rings. The van der Waals surface area contributed by atoms with Crippen LogP contribution in [-0.4, -0.2) is 27.7 Å². The largest absolute Gasteiger partial charge is 0.416 e. The van der Waals surface area contributed by atoms with E-state index in [0.29, 0.717) is 11.5 Å². The molecule has 0 radical (unpaired) electrons. The highest BCUT2D eigenvalue weighted by molar-refractivity contribution is 5.67. The summed E-state index contributed by atoms with van der Waals surface area (Å²) in [6, 6.07) is 15.7. The molecule has 1 heterocycles. The number of hydrogen-bond acceptors (Lipinski definition) is 5. The van der Waals surface area contributed by atoms with Crippen molar-refractivity contribution in [1.82, 2.24) is 9.97 Å². The van der Waals surface area contributed by atoms with Crippen LogP contribution in [0.15, 0.2) is 60.7 Å². The van der Waals surface area contributed by atoms with Gasteiger partial charge in [-0.2, -0.15) is 18.2 Å². The van der Waals surface area contributed by atoms with Crippen molar-refractivity contribution in [2.75, 3.05) is 17.2 Å². The first-order valence-corrected chi connectivity index (χ1v) is 9.52. The Morgan fingerprint density at radius 1 is 0.967 bits per heavy atom. The molecule has 0 unspecified atom stereocenters. The lowest BCUT2D eigenvalue weighted by molar-refractivity contribution is -0.137. The predicted molar refractivity (Wildman–Crippen MR) is 112 cm³/mol. The van der Waals surface area contributed by atoms with Gasteiger partial charge in [-0.1, -0.05) is 50.2 Å². The second-order valence-electron chi connectivity index (χ2n) is 7.21. The number of nitrogens with one attached hydrogen (secondary N) is 2. The van der Waals surface area contributed by atoms with Crippen molar-refractivity contribution in [2.45, 2.75) is 26.1 Å². The monoisotopic (exact) mass is 416 g/mol. The molecule has 0 amide bonds. The number of aromatic nitrogens is 2. The van der Waals surface area contributed by atoms with Crippen LogP contribution in [0.4, 0.5) is 30.6 Å². The molecule has 0 saturated heterocycles. The molecular weight excluding hydrogens is 393 g/mol. The highest BCUT2D eigenvalue weighted by atomic mass is 19.4. The number of halogens is 3. The van der Waals surface area contributed by atoms with Gasteiger partial charge < -0.3 is 15.7 Å². The summed E-state index contributed by atoms with van der Waals surface area (Å²) in [6.45, 7) is 3.81. The summed E-state index contributed by atoms with van der Waals surface area (Å²) in [5.41, 5.74) is 0.947. The Morgan fingerprint density at radius 2 is 1.70 bits per heavy atom. The van der Waals surface area contributed by atoms with Gasteiger partial charge in [-0.05, 0) is 24.1 Å². The molecule has 1 aromatic heterocycles. The number of anilines is 3. The molecule has 3 N–H and O–H groups in total. The van der Waals surface area contributed by atoms with Crippen molar-refractivity contribution in [1.29, 1.82) is 0 Å². The number of nitrogens with zero attached hydrogens (tertiary/aromatic N) is 2. The Labute approximate surface area is 173 Å². The maximum Gasteiger partial charge on any atom is 0.416 e.